The highest BCUT2D eigenvalue weighted by Crippen LogP contribution is 2.23. The maximum absolute atomic E-state index is 12.5. The SMILES string of the molecule is NCc1ccccc1CN(Cc1cccc2cccnc12)[C@H](Cc1ccccc1)C(=O)O. The zero-order chi connectivity index (χ0) is 22.3. The van der Waals surface area contributed by atoms with Gasteiger partial charge in [0.15, 0.2) is 0 Å². The lowest BCUT2D eigenvalue weighted by Crippen LogP contribution is -2.42. The standard InChI is InChI=1S/C27H27N3O2/c28-17-22-10-4-5-11-23(22)18-30(25(27(31)32)16-20-8-2-1-3-9-20)19-24-13-6-12-21-14-7-15-29-26(21)24/h1-15,25H,16-19,28H2,(H,31,32)/t25-/m1/s1. The molecule has 0 spiro atoms. The molecule has 0 amide bonds. The predicted octanol–water partition coefficient (Wildman–Crippen LogP) is 4.39. The van der Waals surface area contributed by atoms with Gasteiger partial charge in [-0.05, 0) is 34.7 Å². The van der Waals surface area contributed by atoms with E-state index in [1.54, 1.807) is 6.20 Å². The van der Waals surface area contributed by atoms with Crippen molar-refractivity contribution < 1.29 is 9.90 Å². The largest absolute Gasteiger partial charge is 0.480 e. The Kier molecular flexibility index (Phi) is 6.90. The van der Waals surface area contributed by atoms with E-state index in [4.69, 9.17) is 5.73 Å². The first kappa shape index (κ1) is 21.7. The number of para-hydroxylation sites is 1. The fraction of sp³-hybridized carbons (Fsp3) is 0.185. The Morgan fingerprint density at radius 1 is 0.844 bits per heavy atom. The van der Waals surface area contributed by atoms with Crippen LogP contribution in [-0.2, 0) is 30.8 Å². The topological polar surface area (TPSA) is 79.5 Å². The summed E-state index contributed by atoms with van der Waals surface area (Å²) in [7, 11) is 0. The predicted molar refractivity (Wildman–Crippen MR) is 127 cm³/mol. The molecule has 32 heavy (non-hydrogen) atoms. The average Bonchev–Trinajstić information content (AvgIpc) is 2.83. The summed E-state index contributed by atoms with van der Waals surface area (Å²) in [6, 6.07) is 27.0. The van der Waals surface area contributed by atoms with Gasteiger partial charge in [0, 0.05) is 31.2 Å². The highest BCUT2D eigenvalue weighted by molar-refractivity contribution is 5.81. The van der Waals surface area contributed by atoms with E-state index in [0.29, 0.717) is 26.1 Å². The summed E-state index contributed by atoms with van der Waals surface area (Å²) in [6.45, 7) is 1.37. The molecular weight excluding hydrogens is 398 g/mol. The molecule has 4 rings (SSSR count). The zero-order valence-corrected chi connectivity index (χ0v) is 17.9. The van der Waals surface area contributed by atoms with Gasteiger partial charge in [0.1, 0.15) is 6.04 Å². The minimum atomic E-state index is -0.840. The molecule has 0 unspecified atom stereocenters. The van der Waals surface area contributed by atoms with E-state index in [-0.39, 0.29) is 0 Å². The molecule has 5 nitrogen and oxygen atoms in total. The van der Waals surface area contributed by atoms with Gasteiger partial charge in [-0.1, -0.05) is 78.9 Å². The molecule has 162 valence electrons. The van der Waals surface area contributed by atoms with E-state index < -0.39 is 12.0 Å². The summed E-state index contributed by atoms with van der Waals surface area (Å²) in [5.74, 6) is -0.840. The van der Waals surface area contributed by atoms with Crippen LogP contribution in [-0.4, -0.2) is 27.0 Å². The van der Waals surface area contributed by atoms with Crippen molar-refractivity contribution in [2.45, 2.75) is 32.1 Å². The number of benzene rings is 3. The van der Waals surface area contributed by atoms with Gasteiger partial charge >= 0.3 is 5.97 Å². The highest BCUT2D eigenvalue weighted by atomic mass is 16.4. The molecule has 0 aliphatic rings. The second-order valence-corrected chi connectivity index (χ2v) is 7.91. The molecule has 0 aliphatic heterocycles. The Morgan fingerprint density at radius 2 is 1.50 bits per heavy atom. The summed E-state index contributed by atoms with van der Waals surface area (Å²) in [5, 5.41) is 11.3. The van der Waals surface area contributed by atoms with Crippen LogP contribution < -0.4 is 5.73 Å². The summed E-state index contributed by atoms with van der Waals surface area (Å²) in [5.41, 5.74) is 10.9. The van der Waals surface area contributed by atoms with Gasteiger partial charge in [-0.25, -0.2) is 0 Å². The molecule has 1 aromatic heterocycles. The maximum Gasteiger partial charge on any atom is 0.321 e. The fourth-order valence-corrected chi connectivity index (χ4v) is 4.13. The smallest absolute Gasteiger partial charge is 0.321 e. The third-order valence-electron chi connectivity index (χ3n) is 5.80. The molecule has 0 fully saturated rings. The lowest BCUT2D eigenvalue weighted by atomic mass is 10.0. The molecule has 4 aromatic rings. The first-order chi connectivity index (χ1) is 15.7. The van der Waals surface area contributed by atoms with Gasteiger partial charge in [0.05, 0.1) is 5.52 Å². The highest BCUT2D eigenvalue weighted by Gasteiger charge is 2.27. The van der Waals surface area contributed by atoms with Crippen molar-refractivity contribution in [2.24, 2.45) is 5.73 Å². The number of carboxylic acid groups (broad SMARTS) is 1. The van der Waals surface area contributed by atoms with Crippen LogP contribution in [0.1, 0.15) is 22.3 Å². The Labute approximate surface area is 188 Å². The van der Waals surface area contributed by atoms with Gasteiger partial charge in [-0.15, -0.1) is 0 Å². The van der Waals surface area contributed by atoms with E-state index in [0.717, 1.165) is 33.2 Å². The number of nitrogens with zero attached hydrogens (tertiary/aromatic N) is 2. The number of nitrogens with two attached hydrogens (primary N) is 1. The molecule has 0 saturated heterocycles. The molecule has 1 heterocycles. The Morgan fingerprint density at radius 3 is 2.25 bits per heavy atom. The number of pyridine rings is 1. The van der Waals surface area contributed by atoms with Gasteiger partial charge in [0.2, 0.25) is 0 Å². The van der Waals surface area contributed by atoms with Crippen LogP contribution in [0.3, 0.4) is 0 Å². The van der Waals surface area contributed by atoms with Crippen LogP contribution in [0.4, 0.5) is 0 Å². The normalized spacial score (nSPS) is 12.2. The van der Waals surface area contributed by atoms with Crippen molar-refractivity contribution >= 4 is 16.9 Å². The van der Waals surface area contributed by atoms with Crippen LogP contribution in [0.25, 0.3) is 10.9 Å². The lowest BCUT2D eigenvalue weighted by molar-refractivity contribution is -0.143. The van der Waals surface area contributed by atoms with Crippen molar-refractivity contribution in [3.8, 4) is 0 Å². The second kappa shape index (κ2) is 10.2. The van der Waals surface area contributed by atoms with Gasteiger partial charge in [0.25, 0.3) is 0 Å². The number of rotatable bonds is 9. The number of carboxylic acids is 1. The summed E-state index contributed by atoms with van der Waals surface area (Å²) < 4.78 is 0. The van der Waals surface area contributed by atoms with Crippen molar-refractivity contribution in [3.63, 3.8) is 0 Å². The summed E-state index contributed by atoms with van der Waals surface area (Å²) in [6.07, 6.45) is 2.19. The molecule has 3 aromatic carbocycles. The van der Waals surface area contributed by atoms with E-state index >= 15 is 0 Å². The maximum atomic E-state index is 12.5. The molecule has 1 atom stereocenters. The first-order valence-corrected chi connectivity index (χ1v) is 10.8. The number of hydrogen-bond acceptors (Lipinski definition) is 4. The number of aromatic nitrogens is 1. The lowest BCUT2D eigenvalue weighted by Gasteiger charge is -2.30. The minimum absolute atomic E-state index is 0.413. The van der Waals surface area contributed by atoms with Crippen LogP contribution in [0, 0.1) is 0 Å². The van der Waals surface area contributed by atoms with Gasteiger partial charge in [-0.2, -0.15) is 0 Å². The van der Waals surface area contributed by atoms with Gasteiger partial charge < -0.3 is 10.8 Å². The molecule has 5 heteroatoms. The van der Waals surface area contributed by atoms with Crippen molar-refractivity contribution in [2.75, 3.05) is 0 Å². The van der Waals surface area contributed by atoms with E-state index in [9.17, 15) is 9.90 Å². The molecule has 3 N–H and O–H groups in total. The van der Waals surface area contributed by atoms with Crippen molar-refractivity contribution in [1.29, 1.82) is 0 Å². The van der Waals surface area contributed by atoms with Crippen LogP contribution >= 0.6 is 0 Å². The average molecular weight is 426 g/mol. The quantitative estimate of drug-likeness (QED) is 0.416. The zero-order valence-electron chi connectivity index (χ0n) is 17.9. The first-order valence-electron chi connectivity index (χ1n) is 10.8. The van der Waals surface area contributed by atoms with E-state index in [2.05, 4.69) is 4.98 Å². The fourth-order valence-electron chi connectivity index (χ4n) is 4.13. The summed E-state index contributed by atoms with van der Waals surface area (Å²) in [4.78, 5) is 19.1. The van der Waals surface area contributed by atoms with E-state index in [1.165, 1.54) is 0 Å². The molecule has 0 saturated carbocycles. The third kappa shape index (κ3) is 5.02. The van der Waals surface area contributed by atoms with Crippen molar-refractivity contribution in [1.82, 2.24) is 9.88 Å². The third-order valence-corrected chi connectivity index (χ3v) is 5.80. The van der Waals surface area contributed by atoms with Crippen LogP contribution in [0.5, 0.6) is 0 Å². The second-order valence-electron chi connectivity index (χ2n) is 7.91. The van der Waals surface area contributed by atoms with Crippen molar-refractivity contribution in [3.05, 3.63) is 113 Å². The Balaban J connectivity index is 1.73. The number of aliphatic carboxylic acids is 1. The molecular formula is C27H27N3O2. The molecule has 0 radical (unpaired) electrons. The minimum Gasteiger partial charge on any atom is -0.480 e. The Bertz CT molecular complexity index is 1190. The van der Waals surface area contributed by atoms with Gasteiger partial charge in [-0.3, -0.25) is 14.7 Å². The Hall–Kier alpha value is -3.54. The van der Waals surface area contributed by atoms with E-state index in [1.807, 2.05) is 89.8 Å². The number of carbonyl (C=O) groups is 1. The molecule has 0 bridgehead atoms. The molecule has 0 aliphatic carbocycles. The summed E-state index contributed by atoms with van der Waals surface area (Å²) >= 11 is 0. The van der Waals surface area contributed by atoms with Crippen LogP contribution in [0.2, 0.25) is 0 Å². The van der Waals surface area contributed by atoms with Crippen LogP contribution in [0.15, 0.2) is 91.1 Å². The monoisotopic (exact) mass is 425 g/mol. The number of hydrogen-bond donors (Lipinski definition) is 2. The number of fused-ring (bicyclic) bond motifs is 1.